The van der Waals surface area contributed by atoms with Crippen molar-refractivity contribution < 1.29 is 28.8 Å². The summed E-state index contributed by atoms with van der Waals surface area (Å²) in [5.41, 5.74) is 3.27. The highest BCUT2D eigenvalue weighted by atomic mass is 16.6. The van der Waals surface area contributed by atoms with Crippen LogP contribution in [-0.2, 0) is 22.8 Å². The van der Waals surface area contributed by atoms with Crippen molar-refractivity contribution in [3.8, 4) is 11.5 Å². The lowest BCUT2D eigenvalue weighted by molar-refractivity contribution is -0.384. The summed E-state index contributed by atoms with van der Waals surface area (Å²) in [7, 11) is 0. The van der Waals surface area contributed by atoms with Crippen LogP contribution in [0.5, 0.6) is 11.5 Å². The summed E-state index contributed by atoms with van der Waals surface area (Å²) in [4.78, 5) is 51.1. The number of carbonyl (C=O) groups is 3. The fraction of sp³-hybridized carbons (Fsp3) is 0.0833. The molecule has 10 nitrogen and oxygen atoms in total. The molecule has 0 radical (unpaired) electrons. The third-order valence-corrected chi connectivity index (χ3v) is 7.48. The highest BCUT2D eigenvalue weighted by molar-refractivity contribution is 6.39. The minimum absolute atomic E-state index is 0.0368. The molecule has 46 heavy (non-hydrogen) atoms. The molecule has 5 aromatic carbocycles. The molecule has 1 aliphatic heterocycles. The third-order valence-electron chi connectivity index (χ3n) is 7.48. The van der Waals surface area contributed by atoms with E-state index in [0.29, 0.717) is 29.2 Å². The van der Waals surface area contributed by atoms with E-state index >= 15 is 0 Å². The van der Waals surface area contributed by atoms with Crippen molar-refractivity contribution in [1.29, 1.82) is 0 Å². The molecule has 0 bridgehead atoms. The average Bonchev–Trinajstić information content (AvgIpc) is 3.06. The fourth-order valence-electron chi connectivity index (χ4n) is 5.00. The summed E-state index contributed by atoms with van der Waals surface area (Å²) in [6, 6.07) is 30.5. The number of nitrogens with zero attached hydrogens (tertiary/aromatic N) is 2. The zero-order chi connectivity index (χ0) is 32.2. The molecule has 1 N–H and O–H groups in total. The van der Waals surface area contributed by atoms with Crippen LogP contribution in [0.25, 0.3) is 16.8 Å². The molecule has 5 aromatic rings. The number of nitro groups is 1. The molecule has 1 aliphatic rings. The van der Waals surface area contributed by atoms with Crippen LogP contribution in [0.15, 0.2) is 115 Å². The number of nitrogens with one attached hydrogen (secondary N) is 1. The van der Waals surface area contributed by atoms with Crippen molar-refractivity contribution in [1.82, 2.24) is 5.32 Å². The number of hydrogen-bond acceptors (Lipinski definition) is 7. The average molecular weight is 614 g/mol. The van der Waals surface area contributed by atoms with E-state index in [1.807, 2.05) is 61.5 Å². The number of amides is 4. The van der Waals surface area contributed by atoms with Crippen LogP contribution in [0, 0.1) is 17.0 Å². The lowest BCUT2D eigenvalue weighted by Gasteiger charge is -2.26. The maximum atomic E-state index is 13.7. The largest absolute Gasteiger partial charge is 0.489 e. The first-order valence-electron chi connectivity index (χ1n) is 14.3. The Labute approximate surface area is 263 Å². The predicted octanol–water partition coefficient (Wildman–Crippen LogP) is 6.88. The quantitative estimate of drug-likeness (QED) is 0.0831. The Bertz CT molecular complexity index is 2000. The minimum atomic E-state index is -0.868. The number of carbonyl (C=O) groups excluding carboxylic acids is 3. The SMILES string of the molecule is Cc1ccc(COc2ccc(N3C(=O)NC(=O)/C(=C\c4c(OCc5ccc([N+](=O)[O-])cc5)ccc5ccccc45)C3=O)cc2)cc1. The fourth-order valence-corrected chi connectivity index (χ4v) is 5.00. The number of hydrogen-bond donors (Lipinski definition) is 1. The summed E-state index contributed by atoms with van der Waals surface area (Å²) in [5.74, 6) is -0.704. The summed E-state index contributed by atoms with van der Waals surface area (Å²) in [5, 5.41) is 14.8. The highest BCUT2D eigenvalue weighted by Crippen LogP contribution is 2.33. The molecule has 0 aliphatic carbocycles. The van der Waals surface area contributed by atoms with Gasteiger partial charge < -0.3 is 9.47 Å². The molecule has 1 saturated heterocycles. The molecule has 0 unspecified atom stereocenters. The molecule has 6 rings (SSSR count). The van der Waals surface area contributed by atoms with Gasteiger partial charge in [-0.2, -0.15) is 0 Å². The van der Waals surface area contributed by atoms with Crippen molar-refractivity contribution in [3.63, 3.8) is 0 Å². The van der Waals surface area contributed by atoms with Gasteiger partial charge in [0.05, 0.1) is 10.6 Å². The summed E-state index contributed by atoms with van der Waals surface area (Å²) in [6.45, 7) is 2.44. The number of anilines is 1. The van der Waals surface area contributed by atoms with E-state index in [1.165, 1.54) is 18.2 Å². The molecule has 1 heterocycles. The second-order valence-electron chi connectivity index (χ2n) is 10.6. The molecular formula is C36H27N3O7. The van der Waals surface area contributed by atoms with Crippen molar-refractivity contribution >= 4 is 46.1 Å². The van der Waals surface area contributed by atoms with Gasteiger partial charge in [-0.15, -0.1) is 0 Å². The number of rotatable bonds is 9. The van der Waals surface area contributed by atoms with Gasteiger partial charge in [-0.05, 0) is 77.4 Å². The van der Waals surface area contributed by atoms with Crippen LogP contribution in [0.1, 0.15) is 22.3 Å². The molecule has 1 fully saturated rings. The van der Waals surface area contributed by atoms with Gasteiger partial charge in [-0.25, -0.2) is 9.69 Å². The van der Waals surface area contributed by atoms with E-state index in [4.69, 9.17) is 9.47 Å². The zero-order valence-electron chi connectivity index (χ0n) is 24.6. The predicted molar refractivity (Wildman–Crippen MR) is 172 cm³/mol. The Morgan fingerprint density at radius 2 is 1.43 bits per heavy atom. The van der Waals surface area contributed by atoms with Crippen LogP contribution in [0.3, 0.4) is 0 Å². The van der Waals surface area contributed by atoms with Crippen molar-refractivity contribution in [2.75, 3.05) is 4.90 Å². The molecule has 0 spiro atoms. The van der Waals surface area contributed by atoms with Crippen LogP contribution in [0.4, 0.5) is 16.2 Å². The molecule has 4 amide bonds. The van der Waals surface area contributed by atoms with Crippen LogP contribution < -0.4 is 19.7 Å². The normalized spacial score (nSPS) is 14.0. The zero-order valence-corrected chi connectivity index (χ0v) is 24.6. The lowest BCUT2D eigenvalue weighted by Crippen LogP contribution is -2.54. The standard InChI is InChI=1S/C36H27N3O7/c1-23-6-8-24(9-7-23)21-45-29-17-15-27(16-18-29)38-35(41)32(34(40)37-36(38)42)20-31-30-5-3-2-4-26(30)12-19-33(31)46-22-25-10-13-28(14-11-25)39(43)44/h2-20H,21-22H2,1H3,(H,37,40,42)/b32-20+. The Morgan fingerprint density at radius 3 is 2.13 bits per heavy atom. The van der Waals surface area contributed by atoms with Gasteiger partial charge in [0.15, 0.2) is 0 Å². The Balaban J connectivity index is 1.27. The Kier molecular flexibility index (Phi) is 8.25. The van der Waals surface area contributed by atoms with E-state index in [-0.39, 0.29) is 23.6 Å². The van der Waals surface area contributed by atoms with Gasteiger partial charge in [0.2, 0.25) is 0 Å². The van der Waals surface area contributed by atoms with Crippen molar-refractivity contribution in [2.45, 2.75) is 20.1 Å². The van der Waals surface area contributed by atoms with Gasteiger partial charge in [-0.3, -0.25) is 25.0 Å². The summed E-state index contributed by atoms with van der Waals surface area (Å²) < 4.78 is 12.0. The third kappa shape index (κ3) is 6.31. The van der Waals surface area contributed by atoms with E-state index in [0.717, 1.165) is 26.8 Å². The topological polar surface area (TPSA) is 128 Å². The van der Waals surface area contributed by atoms with E-state index in [1.54, 1.807) is 42.5 Å². The first-order valence-corrected chi connectivity index (χ1v) is 14.3. The molecule has 0 atom stereocenters. The minimum Gasteiger partial charge on any atom is -0.489 e. The van der Waals surface area contributed by atoms with Gasteiger partial charge in [0, 0.05) is 17.7 Å². The number of non-ortho nitro benzene ring substituents is 1. The number of urea groups is 1. The first kappa shape index (κ1) is 29.8. The number of benzene rings is 5. The van der Waals surface area contributed by atoms with Crippen molar-refractivity contribution in [2.24, 2.45) is 0 Å². The van der Waals surface area contributed by atoms with Gasteiger partial charge >= 0.3 is 6.03 Å². The van der Waals surface area contributed by atoms with Gasteiger partial charge in [-0.1, -0.05) is 60.2 Å². The van der Waals surface area contributed by atoms with Gasteiger partial charge in [0.25, 0.3) is 17.5 Å². The molecule has 0 saturated carbocycles. The summed E-state index contributed by atoms with van der Waals surface area (Å²) >= 11 is 0. The maximum Gasteiger partial charge on any atom is 0.335 e. The smallest absolute Gasteiger partial charge is 0.335 e. The first-order chi connectivity index (χ1) is 22.3. The van der Waals surface area contributed by atoms with Crippen LogP contribution in [-0.4, -0.2) is 22.8 Å². The van der Waals surface area contributed by atoms with Crippen LogP contribution >= 0.6 is 0 Å². The number of nitro benzene ring substituents is 1. The lowest BCUT2D eigenvalue weighted by atomic mass is 9.99. The van der Waals surface area contributed by atoms with Gasteiger partial charge in [0.1, 0.15) is 30.3 Å². The molecule has 228 valence electrons. The maximum absolute atomic E-state index is 13.7. The monoisotopic (exact) mass is 613 g/mol. The number of imide groups is 2. The molecule has 10 heteroatoms. The number of ether oxygens (including phenoxy) is 2. The number of barbiturate groups is 1. The van der Waals surface area contributed by atoms with E-state index in [9.17, 15) is 24.5 Å². The highest BCUT2D eigenvalue weighted by Gasteiger charge is 2.37. The Morgan fingerprint density at radius 1 is 0.783 bits per heavy atom. The molecular weight excluding hydrogens is 586 g/mol. The second kappa shape index (κ2) is 12.7. The van der Waals surface area contributed by atoms with Crippen LogP contribution in [0.2, 0.25) is 0 Å². The number of aryl methyl sites for hydroxylation is 1. The van der Waals surface area contributed by atoms with Crippen molar-refractivity contribution in [3.05, 3.63) is 147 Å². The Hall–Kier alpha value is -6.29. The summed E-state index contributed by atoms with van der Waals surface area (Å²) in [6.07, 6.45) is 1.42. The van der Waals surface area contributed by atoms with E-state index in [2.05, 4.69) is 5.32 Å². The molecule has 0 aromatic heterocycles. The van der Waals surface area contributed by atoms with E-state index < -0.39 is 22.8 Å². The number of fused-ring (bicyclic) bond motifs is 1. The second-order valence-corrected chi connectivity index (χ2v) is 10.6.